The van der Waals surface area contributed by atoms with Gasteiger partial charge in [-0.15, -0.1) is 0 Å². The van der Waals surface area contributed by atoms with Crippen molar-refractivity contribution in [1.29, 1.82) is 0 Å². The van der Waals surface area contributed by atoms with Crippen molar-refractivity contribution in [3.05, 3.63) is 72.1 Å². The van der Waals surface area contributed by atoms with Crippen LogP contribution in [0.2, 0.25) is 0 Å². The van der Waals surface area contributed by atoms with E-state index in [4.69, 9.17) is 4.98 Å². The molecule has 5 heteroatoms. The average molecular weight is 404 g/mol. The molecule has 3 N–H and O–H groups in total. The second-order valence-electron chi connectivity index (χ2n) is 8.16. The van der Waals surface area contributed by atoms with E-state index in [9.17, 15) is 10.2 Å². The second kappa shape index (κ2) is 9.72. The molecule has 156 valence electrons. The summed E-state index contributed by atoms with van der Waals surface area (Å²) in [5, 5.41) is 23.4. The Morgan fingerprint density at radius 1 is 0.967 bits per heavy atom. The Kier molecular flexibility index (Phi) is 6.60. The van der Waals surface area contributed by atoms with Gasteiger partial charge >= 0.3 is 0 Å². The van der Waals surface area contributed by atoms with Crippen molar-refractivity contribution in [2.75, 3.05) is 5.32 Å². The van der Waals surface area contributed by atoms with Crippen molar-refractivity contribution in [2.45, 2.75) is 51.2 Å². The number of aromatic nitrogens is 2. The maximum atomic E-state index is 10.7. The zero-order valence-electron chi connectivity index (χ0n) is 17.2. The topological polar surface area (TPSA) is 78.3 Å². The largest absolute Gasteiger partial charge is 0.508 e. The molecule has 0 radical (unpaired) electrons. The van der Waals surface area contributed by atoms with Crippen LogP contribution in [0, 0.1) is 5.92 Å². The molecule has 5 nitrogen and oxygen atoms in total. The summed E-state index contributed by atoms with van der Waals surface area (Å²) in [5.41, 5.74) is 3.58. The number of hydrogen-bond donors (Lipinski definition) is 3. The third-order valence-electron chi connectivity index (χ3n) is 5.81. The first-order valence-electron chi connectivity index (χ1n) is 10.8. The maximum absolute atomic E-state index is 10.7. The van der Waals surface area contributed by atoms with E-state index in [2.05, 4.69) is 22.4 Å². The number of aliphatic hydroxyl groups excluding tert-OH is 1. The highest BCUT2D eigenvalue weighted by Crippen LogP contribution is 2.28. The molecule has 0 aliphatic heterocycles. The highest BCUT2D eigenvalue weighted by atomic mass is 16.3. The van der Waals surface area contributed by atoms with Crippen LogP contribution in [-0.4, -0.2) is 26.4 Å². The molecule has 1 unspecified atom stereocenters. The Morgan fingerprint density at radius 3 is 2.43 bits per heavy atom. The van der Waals surface area contributed by atoms with E-state index < -0.39 is 6.23 Å². The van der Waals surface area contributed by atoms with Crippen LogP contribution in [0.4, 0.5) is 5.82 Å². The van der Waals surface area contributed by atoms with E-state index in [1.807, 2.05) is 30.3 Å². The lowest BCUT2D eigenvalue weighted by molar-refractivity contribution is 0.153. The number of benzene rings is 2. The Balaban J connectivity index is 1.56. The van der Waals surface area contributed by atoms with Crippen molar-refractivity contribution >= 4 is 5.82 Å². The monoisotopic (exact) mass is 403 g/mol. The number of phenolic OH excluding ortho intramolecular Hbond substituents is 1. The summed E-state index contributed by atoms with van der Waals surface area (Å²) in [7, 11) is 0. The molecule has 0 amide bonds. The van der Waals surface area contributed by atoms with E-state index >= 15 is 0 Å². The molecule has 3 aromatic rings. The molecule has 1 aliphatic carbocycles. The quantitative estimate of drug-likeness (QED) is 0.476. The van der Waals surface area contributed by atoms with E-state index in [0.717, 1.165) is 28.9 Å². The molecule has 1 atom stereocenters. The fourth-order valence-electron chi connectivity index (χ4n) is 4.19. The first-order chi connectivity index (χ1) is 14.7. The molecule has 1 saturated carbocycles. The summed E-state index contributed by atoms with van der Waals surface area (Å²) < 4.78 is 0. The predicted molar refractivity (Wildman–Crippen MR) is 119 cm³/mol. The number of nitrogens with zero attached hydrogens (tertiary/aromatic N) is 2. The van der Waals surface area contributed by atoms with Crippen LogP contribution in [-0.2, 0) is 6.42 Å². The third-order valence-corrected chi connectivity index (χ3v) is 5.81. The first-order valence-corrected chi connectivity index (χ1v) is 10.8. The van der Waals surface area contributed by atoms with Gasteiger partial charge in [0.25, 0.3) is 0 Å². The maximum Gasteiger partial charge on any atom is 0.150 e. The van der Waals surface area contributed by atoms with E-state index in [0.29, 0.717) is 18.2 Å². The van der Waals surface area contributed by atoms with Gasteiger partial charge in [0.1, 0.15) is 17.8 Å². The summed E-state index contributed by atoms with van der Waals surface area (Å²) in [4.78, 5) is 9.46. The standard InChI is InChI=1S/C25H29N3O2/c29-21-13-11-20(12-14-21)23-17-26-25(22(27-23)15-18-7-3-1-4-8-18)28-24(30)16-19-9-5-2-6-10-19/h1,3-4,7-8,11-14,17,19,24,29-30H,2,5-6,9-10,15-16H2,(H,26,28). The molecule has 0 bridgehead atoms. The van der Waals surface area contributed by atoms with Crippen molar-refractivity contribution < 1.29 is 10.2 Å². The number of rotatable bonds is 7. The van der Waals surface area contributed by atoms with Gasteiger partial charge in [-0.3, -0.25) is 0 Å². The molecule has 1 aliphatic rings. The highest BCUT2D eigenvalue weighted by molar-refractivity contribution is 5.61. The summed E-state index contributed by atoms with van der Waals surface area (Å²) in [6, 6.07) is 17.1. The number of hydrogen-bond acceptors (Lipinski definition) is 5. The van der Waals surface area contributed by atoms with Crippen LogP contribution < -0.4 is 5.32 Å². The van der Waals surface area contributed by atoms with Gasteiger partial charge in [-0.25, -0.2) is 9.97 Å². The Bertz CT molecular complexity index is 938. The van der Waals surface area contributed by atoms with Crippen molar-refractivity contribution in [2.24, 2.45) is 5.92 Å². The number of aromatic hydroxyl groups is 1. The zero-order valence-corrected chi connectivity index (χ0v) is 17.2. The first kappa shape index (κ1) is 20.4. The van der Waals surface area contributed by atoms with Gasteiger partial charge in [0.2, 0.25) is 0 Å². The molecule has 1 fully saturated rings. The van der Waals surface area contributed by atoms with Crippen molar-refractivity contribution in [3.63, 3.8) is 0 Å². The van der Waals surface area contributed by atoms with Gasteiger partial charge in [-0.2, -0.15) is 0 Å². The lowest BCUT2D eigenvalue weighted by Gasteiger charge is -2.25. The summed E-state index contributed by atoms with van der Waals surface area (Å²) >= 11 is 0. The minimum absolute atomic E-state index is 0.223. The Hall–Kier alpha value is -2.92. The normalized spacial score (nSPS) is 15.6. The second-order valence-corrected chi connectivity index (χ2v) is 8.16. The SMILES string of the molecule is Oc1ccc(-c2cnc(NC(O)CC3CCCCC3)c(Cc3ccccc3)n2)cc1. The minimum Gasteiger partial charge on any atom is -0.508 e. The van der Waals surface area contributed by atoms with Crippen LogP contribution in [0.25, 0.3) is 11.3 Å². The van der Waals surface area contributed by atoms with Gasteiger partial charge in [0.15, 0.2) is 0 Å². The van der Waals surface area contributed by atoms with E-state index in [1.165, 1.54) is 32.1 Å². The molecular weight excluding hydrogens is 374 g/mol. The molecule has 4 rings (SSSR count). The van der Waals surface area contributed by atoms with Crippen molar-refractivity contribution in [1.82, 2.24) is 9.97 Å². The van der Waals surface area contributed by atoms with Crippen LogP contribution in [0.1, 0.15) is 49.8 Å². The number of anilines is 1. The van der Waals surface area contributed by atoms with Crippen LogP contribution >= 0.6 is 0 Å². The van der Waals surface area contributed by atoms with E-state index in [1.54, 1.807) is 18.3 Å². The smallest absolute Gasteiger partial charge is 0.150 e. The summed E-state index contributed by atoms with van der Waals surface area (Å²) in [6.07, 6.45) is 8.68. The number of nitrogens with one attached hydrogen (secondary N) is 1. The molecule has 0 saturated heterocycles. The molecule has 2 aromatic carbocycles. The molecule has 1 heterocycles. The van der Waals surface area contributed by atoms with Crippen LogP contribution in [0.5, 0.6) is 5.75 Å². The summed E-state index contributed by atoms with van der Waals surface area (Å²) in [6.45, 7) is 0. The van der Waals surface area contributed by atoms with Gasteiger partial charge in [-0.1, -0.05) is 62.4 Å². The van der Waals surface area contributed by atoms with Crippen molar-refractivity contribution in [3.8, 4) is 17.0 Å². The average Bonchev–Trinajstić information content (AvgIpc) is 2.77. The Morgan fingerprint density at radius 2 is 1.70 bits per heavy atom. The van der Waals surface area contributed by atoms with Gasteiger partial charge in [0, 0.05) is 12.0 Å². The van der Waals surface area contributed by atoms with Gasteiger partial charge < -0.3 is 15.5 Å². The molecule has 0 spiro atoms. The van der Waals surface area contributed by atoms with Gasteiger partial charge in [0.05, 0.1) is 17.6 Å². The number of aliphatic hydroxyl groups is 1. The lowest BCUT2D eigenvalue weighted by atomic mass is 9.86. The fraction of sp³-hybridized carbons (Fsp3) is 0.360. The zero-order chi connectivity index (χ0) is 20.8. The fourth-order valence-corrected chi connectivity index (χ4v) is 4.19. The third kappa shape index (κ3) is 5.36. The van der Waals surface area contributed by atoms with Gasteiger partial charge in [-0.05, 0) is 42.2 Å². The summed E-state index contributed by atoms with van der Waals surface area (Å²) in [5.74, 6) is 1.42. The van der Waals surface area contributed by atoms with E-state index in [-0.39, 0.29) is 5.75 Å². The predicted octanol–water partition coefficient (Wildman–Crippen LogP) is 5.14. The molecule has 1 aromatic heterocycles. The Labute approximate surface area is 177 Å². The van der Waals surface area contributed by atoms with Crippen LogP contribution in [0.3, 0.4) is 0 Å². The molecule has 30 heavy (non-hydrogen) atoms. The molecular formula is C25H29N3O2. The van der Waals surface area contributed by atoms with Crippen LogP contribution in [0.15, 0.2) is 60.8 Å². The number of phenols is 1. The minimum atomic E-state index is -0.628. The highest BCUT2D eigenvalue weighted by Gasteiger charge is 2.19. The lowest BCUT2D eigenvalue weighted by Crippen LogP contribution is -2.25.